The largest absolute Gasteiger partial charge is 0.462 e. The number of hydrogen-bond donors (Lipinski definition) is 0. The van der Waals surface area contributed by atoms with Crippen LogP contribution in [0.25, 0.3) is 11.0 Å². The first kappa shape index (κ1) is 18.8. The number of nitrogens with zero attached hydrogens (tertiary/aromatic N) is 2. The number of imidazole rings is 1. The van der Waals surface area contributed by atoms with Crippen molar-refractivity contribution in [3.05, 3.63) is 58.6 Å². The molecule has 2 aromatic carbocycles. The van der Waals surface area contributed by atoms with Crippen LogP contribution < -0.4 is 0 Å². The molecule has 0 saturated carbocycles. The maximum absolute atomic E-state index is 12.0. The molecule has 26 heavy (non-hydrogen) atoms. The lowest BCUT2D eigenvalue weighted by molar-refractivity contribution is 0.0526. The predicted octanol–water partition coefficient (Wildman–Crippen LogP) is 5.74. The summed E-state index contributed by atoms with van der Waals surface area (Å²) in [6.45, 7) is 7.16. The topological polar surface area (TPSA) is 44.1 Å². The van der Waals surface area contributed by atoms with Gasteiger partial charge >= 0.3 is 5.97 Å². The number of aromatic nitrogens is 2. The maximum atomic E-state index is 12.0. The molecule has 0 fully saturated rings. The third-order valence-electron chi connectivity index (χ3n) is 4.17. The molecule has 0 spiro atoms. The minimum atomic E-state index is -0.320. The van der Waals surface area contributed by atoms with Crippen LogP contribution in [0.15, 0.2) is 47.6 Å². The second-order valence-corrected chi connectivity index (χ2v) is 7.56. The number of fused-ring (bicyclic) bond motifs is 1. The van der Waals surface area contributed by atoms with E-state index in [0.29, 0.717) is 12.2 Å². The summed E-state index contributed by atoms with van der Waals surface area (Å²) in [5, 5.41) is 1.84. The summed E-state index contributed by atoms with van der Waals surface area (Å²) in [4.78, 5) is 16.7. The Labute approximate surface area is 162 Å². The molecule has 0 aliphatic heterocycles. The standard InChI is InChI=1S/C20H21ClN2O2S/c1-4-23-18-11-10-14(19(24)25-5-2)12-17(18)22-20(23)26-13(3)15-8-6-7-9-16(15)21/h6-13H,4-5H2,1-3H3/t13-/m1/s1. The zero-order valence-corrected chi connectivity index (χ0v) is 16.6. The Bertz CT molecular complexity index is 939. The number of thioether (sulfide) groups is 1. The smallest absolute Gasteiger partial charge is 0.338 e. The van der Waals surface area contributed by atoms with Crippen LogP contribution >= 0.6 is 23.4 Å². The summed E-state index contributed by atoms with van der Waals surface area (Å²) in [5.74, 6) is -0.320. The third-order valence-corrected chi connectivity index (χ3v) is 5.64. The minimum Gasteiger partial charge on any atom is -0.462 e. The number of ether oxygens (including phenoxy) is 1. The molecule has 0 N–H and O–H groups in total. The molecule has 0 aliphatic carbocycles. The molecular formula is C20H21ClN2O2S. The molecule has 3 aromatic rings. The van der Waals surface area contributed by atoms with Crippen LogP contribution in [0.2, 0.25) is 5.02 Å². The van der Waals surface area contributed by atoms with Gasteiger partial charge in [0.15, 0.2) is 5.16 Å². The van der Waals surface area contributed by atoms with E-state index in [2.05, 4.69) is 18.4 Å². The Kier molecular flexibility index (Phi) is 5.89. The van der Waals surface area contributed by atoms with Gasteiger partial charge in [-0.3, -0.25) is 0 Å². The Morgan fingerprint density at radius 3 is 2.73 bits per heavy atom. The van der Waals surface area contributed by atoms with Gasteiger partial charge in [0.2, 0.25) is 0 Å². The molecule has 0 saturated heterocycles. The summed E-state index contributed by atoms with van der Waals surface area (Å²) in [7, 11) is 0. The summed E-state index contributed by atoms with van der Waals surface area (Å²) < 4.78 is 7.24. The first-order valence-corrected chi connectivity index (χ1v) is 9.89. The van der Waals surface area contributed by atoms with Crippen LogP contribution in [0.1, 0.15) is 41.9 Å². The van der Waals surface area contributed by atoms with E-state index in [1.165, 1.54) is 0 Å². The van der Waals surface area contributed by atoms with Crippen LogP contribution in [0.3, 0.4) is 0 Å². The fourth-order valence-electron chi connectivity index (χ4n) is 2.87. The lowest BCUT2D eigenvalue weighted by Gasteiger charge is -2.13. The molecule has 6 heteroatoms. The molecule has 0 aliphatic rings. The van der Waals surface area contributed by atoms with Crippen molar-refractivity contribution in [3.63, 3.8) is 0 Å². The number of carbonyl (C=O) groups is 1. The molecule has 3 rings (SSSR count). The Morgan fingerprint density at radius 2 is 2.04 bits per heavy atom. The highest BCUT2D eigenvalue weighted by molar-refractivity contribution is 7.99. The number of benzene rings is 2. The zero-order chi connectivity index (χ0) is 18.7. The second kappa shape index (κ2) is 8.14. The van der Waals surface area contributed by atoms with E-state index in [9.17, 15) is 4.79 Å². The molecular weight excluding hydrogens is 368 g/mol. The Balaban J connectivity index is 1.95. The fraction of sp³-hybridized carbons (Fsp3) is 0.300. The Morgan fingerprint density at radius 1 is 1.27 bits per heavy atom. The minimum absolute atomic E-state index is 0.162. The molecule has 0 amide bonds. The van der Waals surface area contributed by atoms with E-state index < -0.39 is 0 Å². The second-order valence-electron chi connectivity index (χ2n) is 5.84. The first-order valence-electron chi connectivity index (χ1n) is 8.63. The van der Waals surface area contributed by atoms with Gasteiger partial charge in [0, 0.05) is 16.8 Å². The van der Waals surface area contributed by atoms with Crippen molar-refractivity contribution in [2.45, 2.75) is 37.7 Å². The van der Waals surface area contributed by atoms with Gasteiger partial charge in [-0.05, 0) is 50.6 Å². The number of carbonyl (C=O) groups excluding carboxylic acids is 1. The number of aryl methyl sites for hydroxylation is 1. The fourth-order valence-corrected chi connectivity index (χ4v) is 4.39. The average Bonchev–Trinajstić information content (AvgIpc) is 2.98. The number of halogens is 1. The maximum Gasteiger partial charge on any atom is 0.338 e. The third kappa shape index (κ3) is 3.74. The van der Waals surface area contributed by atoms with Crippen molar-refractivity contribution in [1.82, 2.24) is 9.55 Å². The van der Waals surface area contributed by atoms with Gasteiger partial charge in [0.05, 0.1) is 23.2 Å². The summed E-state index contributed by atoms with van der Waals surface area (Å²) >= 11 is 7.99. The normalized spacial score (nSPS) is 12.3. The van der Waals surface area contributed by atoms with Crippen molar-refractivity contribution >= 4 is 40.4 Å². The van der Waals surface area contributed by atoms with Crippen LogP contribution in [0, 0.1) is 0 Å². The SMILES string of the molecule is CCOC(=O)c1ccc2c(c1)nc(S[C@H](C)c1ccccc1Cl)n2CC. The van der Waals surface area contributed by atoms with E-state index >= 15 is 0 Å². The summed E-state index contributed by atoms with van der Waals surface area (Å²) in [6, 6.07) is 13.4. The van der Waals surface area contributed by atoms with E-state index in [-0.39, 0.29) is 11.2 Å². The number of rotatable bonds is 6. The van der Waals surface area contributed by atoms with Crippen LogP contribution in [-0.2, 0) is 11.3 Å². The van der Waals surface area contributed by atoms with Crippen molar-refractivity contribution < 1.29 is 9.53 Å². The molecule has 0 radical (unpaired) electrons. The lowest BCUT2D eigenvalue weighted by Crippen LogP contribution is -2.04. The van der Waals surface area contributed by atoms with Gasteiger partial charge in [-0.15, -0.1) is 0 Å². The van der Waals surface area contributed by atoms with Gasteiger partial charge in [-0.1, -0.05) is 41.6 Å². The highest BCUT2D eigenvalue weighted by Crippen LogP contribution is 2.38. The first-order chi connectivity index (χ1) is 12.5. The van der Waals surface area contributed by atoms with Gasteiger partial charge in [-0.25, -0.2) is 9.78 Å². The molecule has 1 aromatic heterocycles. The van der Waals surface area contributed by atoms with E-state index in [1.54, 1.807) is 30.8 Å². The summed E-state index contributed by atoms with van der Waals surface area (Å²) in [6.07, 6.45) is 0. The van der Waals surface area contributed by atoms with Gasteiger partial charge < -0.3 is 9.30 Å². The predicted molar refractivity (Wildman–Crippen MR) is 107 cm³/mol. The van der Waals surface area contributed by atoms with Crippen LogP contribution in [0.5, 0.6) is 0 Å². The summed E-state index contributed by atoms with van der Waals surface area (Å²) in [5.41, 5.74) is 3.41. The quantitative estimate of drug-likeness (QED) is 0.399. The molecule has 1 heterocycles. The zero-order valence-electron chi connectivity index (χ0n) is 15.0. The van der Waals surface area contributed by atoms with E-state index in [1.807, 2.05) is 30.3 Å². The molecule has 136 valence electrons. The number of hydrogen-bond acceptors (Lipinski definition) is 4. The van der Waals surface area contributed by atoms with Crippen molar-refractivity contribution in [2.75, 3.05) is 6.61 Å². The lowest BCUT2D eigenvalue weighted by atomic mass is 10.2. The number of esters is 1. The highest BCUT2D eigenvalue weighted by atomic mass is 35.5. The van der Waals surface area contributed by atoms with Crippen molar-refractivity contribution in [2.24, 2.45) is 0 Å². The van der Waals surface area contributed by atoms with Crippen LogP contribution in [0.4, 0.5) is 0 Å². The van der Waals surface area contributed by atoms with E-state index in [0.717, 1.165) is 33.3 Å². The highest BCUT2D eigenvalue weighted by Gasteiger charge is 2.18. The average molecular weight is 389 g/mol. The van der Waals surface area contributed by atoms with Gasteiger partial charge in [-0.2, -0.15) is 0 Å². The van der Waals surface area contributed by atoms with E-state index in [4.69, 9.17) is 21.3 Å². The monoisotopic (exact) mass is 388 g/mol. The Hall–Kier alpha value is -1.98. The van der Waals surface area contributed by atoms with Crippen molar-refractivity contribution in [3.8, 4) is 0 Å². The molecule has 4 nitrogen and oxygen atoms in total. The van der Waals surface area contributed by atoms with Crippen LogP contribution in [-0.4, -0.2) is 22.1 Å². The molecule has 0 unspecified atom stereocenters. The molecule has 1 atom stereocenters. The van der Waals surface area contributed by atoms with Gasteiger partial charge in [0.1, 0.15) is 0 Å². The van der Waals surface area contributed by atoms with Gasteiger partial charge in [0.25, 0.3) is 0 Å². The van der Waals surface area contributed by atoms with Crippen molar-refractivity contribution in [1.29, 1.82) is 0 Å². The molecule has 0 bridgehead atoms.